The Bertz CT molecular complexity index is 803. The molecule has 2 fully saturated rings. The second-order valence-electron chi connectivity index (χ2n) is 8.68. The average molecular weight is 501 g/mol. The summed E-state index contributed by atoms with van der Waals surface area (Å²) in [7, 11) is 0. The second-order valence-corrected chi connectivity index (χ2v) is 8.68. The van der Waals surface area contributed by atoms with Gasteiger partial charge >= 0.3 is 0 Å². The van der Waals surface area contributed by atoms with Crippen LogP contribution in [0.1, 0.15) is 43.7 Å². The number of amides is 1. The lowest BCUT2D eigenvalue weighted by Gasteiger charge is -2.47. The fourth-order valence-corrected chi connectivity index (χ4v) is 5.22. The van der Waals surface area contributed by atoms with Gasteiger partial charge in [-0.05, 0) is 49.8 Å². The van der Waals surface area contributed by atoms with Gasteiger partial charge in [0.25, 0.3) is 0 Å². The smallest absolute Gasteiger partial charge is 0.217 e. The summed E-state index contributed by atoms with van der Waals surface area (Å²) < 4.78 is 0. The highest BCUT2D eigenvalue weighted by Crippen LogP contribution is 2.35. The molecule has 0 bridgehead atoms. The van der Waals surface area contributed by atoms with E-state index >= 15 is 0 Å². The van der Waals surface area contributed by atoms with E-state index in [4.69, 9.17) is 0 Å². The zero-order valence-corrected chi connectivity index (χ0v) is 20.9. The Morgan fingerprint density at radius 1 is 1.00 bits per heavy atom. The molecule has 0 aromatic heterocycles. The summed E-state index contributed by atoms with van der Waals surface area (Å²) in [6.45, 7) is 4.81. The molecule has 2 saturated heterocycles. The number of nitrogens with one attached hydrogen (secondary N) is 2. The zero-order chi connectivity index (χ0) is 20.1. The predicted molar refractivity (Wildman–Crippen MR) is 139 cm³/mol. The summed E-state index contributed by atoms with van der Waals surface area (Å²) in [4.78, 5) is 14.6. The van der Waals surface area contributed by atoms with Crippen LogP contribution in [-0.2, 0) is 16.8 Å². The van der Waals surface area contributed by atoms with Gasteiger partial charge in [-0.2, -0.15) is 0 Å². The van der Waals surface area contributed by atoms with Crippen molar-refractivity contribution < 1.29 is 15.7 Å². The van der Waals surface area contributed by atoms with E-state index in [1.54, 1.807) is 6.92 Å². The maximum absolute atomic E-state index is 12.0. The molecule has 186 valence electrons. The molecule has 4 rings (SSSR count). The van der Waals surface area contributed by atoms with Crippen molar-refractivity contribution in [3.8, 4) is 0 Å². The van der Waals surface area contributed by atoms with Crippen LogP contribution in [0.5, 0.6) is 0 Å². The minimum Gasteiger partial charge on any atom is -0.412 e. The molecule has 2 aromatic rings. The summed E-state index contributed by atoms with van der Waals surface area (Å²) in [6.07, 6.45) is 5.47. The first kappa shape index (κ1) is 31.3. The first-order valence-electron chi connectivity index (χ1n) is 11.0. The third kappa shape index (κ3) is 7.95. The van der Waals surface area contributed by atoms with Gasteiger partial charge in [-0.25, -0.2) is 0 Å². The molecule has 33 heavy (non-hydrogen) atoms. The zero-order valence-electron chi connectivity index (χ0n) is 19.3. The quantitative estimate of drug-likeness (QED) is 0.659. The summed E-state index contributed by atoms with van der Waals surface area (Å²) in [5, 5.41) is 7.02. The Labute approximate surface area is 210 Å². The van der Waals surface area contributed by atoms with E-state index < -0.39 is 0 Å². The van der Waals surface area contributed by atoms with Crippen LogP contribution in [0, 0.1) is 0 Å². The molecule has 6 N–H and O–H groups in total. The molecule has 2 heterocycles. The van der Waals surface area contributed by atoms with Crippen molar-refractivity contribution in [1.82, 2.24) is 15.5 Å². The molecular weight excluding hydrogens is 461 g/mol. The fourth-order valence-electron chi connectivity index (χ4n) is 5.22. The van der Waals surface area contributed by atoms with Crippen molar-refractivity contribution in [3.05, 3.63) is 71.8 Å². The SMILES string of the molecule is CC(=O)NC1(c2ccccc2)CCN([C@@H]2CCN[C@@H](Cc3ccccc3)C2)CC1.Cl.Cl.O.O. The van der Waals surface area contributed by atoms with Gasteiger partial charge in [0.2, 0.25) is 5.91 Å². The van der Waals surface area contributed by atoms with Crippen LogP contribution < -0.4 is 10.6 Å². The van der Waals surface area contributed by atoms with Crippen LogP contribution in [0.4, 0.5) is 0 Å². The highest BCUT2D eigenvalue weighted by molar-refractivity contribution is 5.85. The molecule has 6 nitrogen and oxygen atoms in total. The topological polar surface area (TPSA) is 107 Å². The number of carbonyl (C=O) groups is 1. The normalized spacial score (nSPS) is 21.7. The first-order valence-corrected chi connectivity index (χ1v) is 11.0. The summed E-state index contributed by atoms with van der Waals surface area (Å²) in [5.74, 6) is 0.0621. The van der Waals surface area contributed by atoms with E-state index in [0.29, 0.717) is 12.1 Å². The molecular formula is C25H39Cl2N3O3. The summed E-state index contributed by atoms with van der Waals surface area (Å²) in [5.41, 5.74) is 2.43. The van der Waals surface area contributed by atoms with Gasteiger partial charge < -0.3 is 26.5 Å². The van der Waals surface area contributed by atoms with Gasteiger partial charge in [-0.3, -0.25) is 4.79 Å². The van der Waals surface area contributed by atoms with Crippen LogP contribution in [0.15, 0.2) is 60.7 Å². The minimum atomic E-state index is -0.222. The number of rotatable bonds is 5. The number of nitrogens with zero attached hydrogens (tertiary/aromatic N) is 1. The molecule has 2 atom stereocenters. The van der Waals surface area contributed by atoms with Gasteiger partial charge in [0.15, 0.2) is 0 Å². The Balaban J connectivity index is 0.00000256. The maximum Gasteiger partial charge on any atom is 0.217 e. The number of benzene rings is 2. The monoisotopic (exact) mass is 499 g/mol. The lowest BCUT2D eigenvalue weighted by Crippen LogP contribution is -2.56. The molecule has 2 aliphatic heterocycles. The third-order valence-electron chi connectivity index (χ3n) is 6.70. The van der Waals surface area contributed by atoms with E-state index in [0.717, 1.165) is 38.9 Å². The standard InChI is InChI=1S/C25H33N3O.2ClH.2H2O/c1-20(29)27-25(22-10-6-3-7-11-22)13-16-28(17-14-25)24-12-15-26-23(19-24)18-21-8-4-2-5-9-21;;;;/h2-11,23-24,26H,12-19H2,1H3,(H,27,29);2*1H;2*1H2/t23-,24+;;;;/m0..../s1. The molecule has 2 aromatic carbocycles. The van der Waals surface area contributed by atoms with Crippen molar-refractivity contribution in [3.63, 3.8) is 0 Å². The van der Waals surface area contributed by atoms with Crippen LogP contribution in [0.3, 0.4) is 0 Å². The lowest BCUT2D eigenvalue weighted by molar-refractivity contribution is -0.121. The molecule has 1 amide bonds. The molecule has 0 aliphatic carbocycles. The summed E-state index contributed by atoms with van der Waals surface area (Å²) in [6, 6.07) is 22.5. The highest BCUT2D eigenvalue weighted by Gasteiger charge is 2.39. The molecule has 0 saturated carbocycles. The van der Waals surface area contributed by atoms with Crippen LogP contribution in [0.25, 0.3) is 0 Å². The number of piperidine rings is 2. The van der Waals surface area contributed by atoms with Gasteiger partial charge in [0.1, 0.15) is 0 Å². The number of likely N-dealkylation sites (tertiary alicyclic amines) is 1. The minimum absolute atomic E-state index is 0. The highest BCUT2D eigenvalue weighted by atomic mass is 35.5. The number of hydrogen-bond donors (Lipinski definition) is 2. The van der Waals surface area contributed by atoms with E-state index in [9.17, 15) is 4.79 Å². The van der Waals surface area contributed by atoms with Crippen molar-refractivity contribution in [2.75, 3.05) is 19.6 Å². The fraction of sp³-hybridized carbons (Fsp3) is 0.480. The molecule has 8 heteroatoms. The summed E-state index contributed by atoms with van der Waals surface area (Å²) >= 11 is 0. The number of hydrogen-bond acceptors (Lipinski definition) is 3. The molecule has 0 radical (unpaired) electrons. The van der Waals surface area contributed by atoms with Gasteiger partial charge in [-0.1, -0.05) is 60.7 Å². The Morgan fingerprint density at radius 2 is 1.58 bits per heavy atom. The van der Waals surface area contributed by atoms with E-state index in [-0.39, 0.29) is 47.2 Å². The third-order valence-corrected chi connectivity index (χ3v) is 6.70. The van der Waals surface area contributed by atoms with Crippen LogP contribution >= 0.6 is 24.8 Å². The van der Waals surface area contributed by atoms with Gasteiger partial charge in [0, 0.05) is 32.1 Å². The molecule has 2 aliphatic rings. The lowest BCUT2D eigenvalue weighted by atomic mass is 9.79. The van der Waals surface area contributed by atoms with E-state index in [2.05, 4.69) is 70.1 Å². The van der Waals surface area contributed by atoms with Gasteiger partial charge in [0.05, 0.1) is 5.54 Å². The maximum atomic E-state index is 12.0. The van der Waals surface area contributed by atoms with Crippen molar-refractivity contribution >= 4 is 30.7 Å². The predicted octanol–water partition coefficient (Wildman–Crippen LogP) is 2.67. The Morgan fingerprint density at radius 3 is 2.15 bits per heavy atom. The first-order chi connectivity index (χ1) is 14.1. The van der Waals surface area contributed by atoms with Crippen molar-refractivity contribution in [1.29, 1.82) is 0 Å². The molecule has 0 spiro atoms. The Kier molecular flexibility index (Phi) is 13.8. The second kappa shape index (κ2) is 14.6. The largest absolute Gasteiger partial charge is 0.412 e. The van der Waals surface area contributed by atoms with E-state index in [1.165, 1.54) is 24.0 Å². The van der Waals surface area contributed by atoms with Crippen LogP contribution in [-0.4, -0.2) is 53.5 Å². The van der Waals surface area contributed by atoms with Crippen molar-refractivity contribution in [2.45, 2.75) is 56.7 Å². The van der Waals surface area contributed by atoms with Crippen molar-refractivity contribution in [2.24, 2.45) is 0 Å². The average Bonchev–Trinajstić information content (AvgIpc) is 2.75. The number of carbonyl (C=O) groups excluding carboxylic acids is 1. The Hall–Kier alpha value is -1.67. The number of halogens is 2. The van der Waals surface area contributed by atoms with E-state index in [1.807, 2.05) is 6.07 Å². The van der Waals surface area contributed by atoms with Crippen LogP contribution in [0.2, 0.25) is 0 Å². The van der Waals surface area contributed by atoms with Gasteiger partial charge in [-0.15, -0.1) is 24.8 Å². The molecule has 0 unspecified atom stereocenters.